The van der Waals surface area contributed by atoms with E-state index in [1.54, 1.807) is 0 Å². The zero-order valence-corrected chi connectivity index (χ0v) is 23.8. The third-order valence-electron chi connectivity index (χ3n) is 7.71. The van der Waals surface area contributed by atoms with Crippen LogP contribution in [-0.4, -0.2) is 10.5 Å². The van der Waals surface area contributed by atoms with Crippen LogP contribution >= 0.6 is 0 Å². The lowest BCUT2D eigenvalue weighted by Crippen LogP contribution is -2.25. The maximum absolute atomic E-state index is 13.6. The molecule has 43 heavy (non-hydrogen) atoms. The number of rotatable bonds is 11. The van der Waals surface area contributed by atoms with E-state index >= 15 is 0 Å². The number of ether oxygens (including phenoxy) is 1. The van der Waals surface area contributed by atoms with Gasteiger partial charge in [-0.15, -0.1) is 0 Å². The number of nitrogens with one attached hydrogen (secondary N) is 1. The predicted octanol–water partition coefficient (Wildman–Crippen LogP) is 8.25. The molecule has 0 aliphatic heterocycles. The second-order valence-electron chi connectivity index (χ2n) is 10.7. The Morgan fingerprint density at radius 3 is 2.09 bits per heavy atom. The fourth-order valence-corrected chi connectivity index (χ4v) is 5.47. The van der Waals surface area contributed by atoms with E-state index in [1.807, 2.05) is 97.1 Å². The first-order chi connectivity index (χ1) is 21.1. The number of amides is 1. The molecule has 0 saturated heterocycles. The number of aromatic nitrogens is 1. The van der Waals surface area contributed by atoms with E-state index in [2.05, 4.69) is 40.3 Å². The highest BCUT2D eigenvalue weighted by atomic mass is 19.1. The van der Waals surface area contributed by atoms with E-state index in [0.717, 1.165) is 44.5 Å². The van der Waals surface area contributed by atoms with E-state index in [4.69, 9.17) is 4.74 Å². The van der Waals surface area contributed by atoms with Crippen molar-refractivity contribution >= 4 is 16.8 Å². The van der Waals surface area contributed by atoms with Crippen LogP contribution in [-0.2, 0) is 24.5 Å². The van der Waals surface area contributed by atoms with Crippen molar-refractivity contribution < 1.29 is 13.9 Å². The van der Waals surface area contributed by atoms with Crippen LogP contribution in [0.3, 0.4) is 0 Å². The average Bonchev–Trinajstić information content (AvgIpc) is 3.42. The number of fused-ring (bicyclic) bond motifs is 1. The number of nitrogens with zero attached hydrogens (tertiary/aromatic N) is 1. The highest BCUT2D eigenvalue weighted by Crippen LogP contribution is 2.36. The van der Waals surface area contributed by atoms with E-state index in [0.29, 0.717) is 26.1 Å². The number of hydrogen-bond acceptors (Lipinski definition) is 2. The number of hydrogen-bond donors (Lipinski definition) is 1. The van der Waals surface area contributed by atoms with Crippen LogP contribution in [0.25, 0.3) is 10.9 Å². The Kier molecular flexibility index (Phi) is 8.60. The third kappa shape index (κ3) is 7.02. The minimum Gasteiger partial charge on any atom is -0.489 e. The first-order valence-electron chi connectivity index (χ1n) is 14.5. The summed E-state index contributed by atoms with van der Waals surface area (Å²) in [6, 6.07) is 42.9. The Hall–Kier alpha value is -5.16. The minimum absolute atomic E-state index is 0.0198. The SMILES string of the molecule is O=C(CC(c1ccc(OCc2ccccc2)cc1)c1cn(Cc2ccc(F)cc2)c2ccccc12)NCc1ccccc1. The lowest BCUT2D eigenvalue weighted by Gasteiger charge is -2.18. The highest BCUT2D eigenvalue weighted by molar-refractivity contribution is 5.87. The van der Waals surface area contributed by atoms with Gasteiger partial charge in [0, 0.05) is 42.5 Å². The third-order valence-corrected chi connectivity index (χ3v) is 7.71. The standard InChI is InChI=1S/C38H33FN2O2/c39-32-19-15-29(16-20-32)25-41-26-36(34-13-7-8-14-37(34)41)35(23-38(42)40-24-28-9-3-1-4-10-28)31-17-21-33(22-18-31)43-27-30-11-5-2-6-12-30/h1-22,26,35H,23-25,27H2,(H,40,42). The minimum atomic E-state index is -0.250. The Bertz CT molecular complexity index is 1780. The van der Waals surface area contributed by atoms with Crippen LogP contribution in [0.4, 0.5) is 4.39 Å². The van der Waals surface area contributed by atoms with Gasteiger partial charge in [0.25, 0.3) is 0 Å². The second-order valence-corrected chi connectivity index (χ2v) is 10.7. The molecule has 1 heterocycles. The molecule has 0 saturated carbocycles. The zero-order valence-electron chi connectivity index (χ0n) is 23.8. The summed E-state index contributed by atoms with van der Waals surface area (Å²) in [5.74, 6) is 0.324. The molecule has 0 radical (unpaired) electrons. The summed E-state index contributed by atoms with van der Waals surface area (Å²) in [6.07, 6.45) is 2.44. The van der Waals surface area contributed by atoms with Gasteiger partial charge in [-0.3, -0.25) is 4.79 Å². The fourth-order valence-electron chi connectivity index (χ4n) is 5.47. The van der Waals surface area contributed by atoms with Crippen LogP contribution in [0.1, 0.15) is 40.2 Å². The maximum atomic E-state index is 13.6. The average molecular weight is 569 g/mol. The fraction of sp³-hybridized carbons (Fsp3) is 0.132. The van der Waals surface area contributed by atoms with E-state index in [-0.39, 0.29) is 17.6 Å². The molecular formula is C38H33FN2O2. The molecule has 1 unspecified atom stereocenters. The quantitative estimate of drug-likeness (QED) is 0.171. The van der Waals surface area contributed by atoms with Crippen molar-refractivity contribution in [2.75, 3.05) is 0 Å². The van der Waals surface area contributed by atoms with Crippen LogP contribution < -0.4 is 10.1 Å². The van der Waals surface area contributed by atoms with Crippen LogP contribution in [0.15, 0.2) is 140 Å². The van der Waals surface area contributed by atoms with Crippen LogP contribution in [0, 0.1) is 5.82 Å². The summed E-state index contributed by atoms with van der Waals surface area (Å²) in [4.78, 5) is 13.4. The zero-order chi connectivity index (χ0) is 29.4. The largest absolute Gasteiger partial charge is 0.489 e. The Morgan fingerprint density at radius 2 is 1.37 bits per heavy atom. The molecule has 5 heteroatoms. The summed E-state index contributed by atoms with van der Waals surface area (Å²) < 4.78 is 21.8. The summed E-state index contributed by atoms with van der Waals surface area (Å²) >= 11 is 0. The number of carbonyl (C=O) groups excluding carboxylic acids is 1. The van der Waals surface area contributed by atoms with Gasteiger partial charge in [-0.25, -0.2) is 4.39 Å². The van der Waals surface area contributed by atoms with Gasteiger partial charge >= 0.3 is 0 Å². The topological polar surface area (TPSA) is 43.3 Å². The van der Waals surface area contributed by atoms with Gasteiger partial charge in [0.1, 0.15) is 18.2 Å². The molecule has 0 bridgehead atoms. The van der Waals surface area contributed by atoms with Crippen molar-refractivity contribution in [2.45, 2.75) is 32.0 Å². The lowest BCUT2D eigenvalue weighted by molar-refractivity contribution is -0.121. The van der Waals surface area contributed by atoms with Crippen LogP contribution in [0.5, 0.6) is 5.75 Å². The molecule has 6 aromatic rings. The summed E-state index contributed by atoms with van der Waals surface area (Å²) in [5.41, 5.74) is 6.35. The highest BCUT2D eigenvalue weighted by Gasteiger charge is 2.23. The van der Waals surface area contributed by atoms with Gasteiger partial charge in [0.15, 0.2) is 0 Å². The molecule has 1 amide bonds. The molecule has 6 rings (SSSR count). The molecule has 0 spiro atoms. The molecule has 1 aromatic heterocycles. The van der Waals surface area contributed by atoms with Crippen molar-refractivity contribution in [3.8, 4) is 5.75 Å². The molecule has 1 N–H and O–H groups in total. The number of halogens is 1. The predicted molar refractivity (Wildman–Crippen MR) is 169 cm³/mol. The molecule has 0 aliphatic rings. The van der Waals surface area contributed by atoms with E-state index in [1.165, 1.54) is 12.1 Å². The maximum Gasteiger partial charge on any atom is 0.221 e. The normalized spacial score (nSPS) is 11.7. The van der Waals surface area contributed by atoms with E-state index < -0.39 is 0 Å². The molecular weight excluding hydrogens is 535 g/mol. The first kappa shape index (κ1) is 28.0. The molecule has 5 aromatic carbocycles. The van der Waals surface area contributed by atoms with Gasteiger partial charge < -0.3 is 14.6 Å². The Morgan fingerprint density at radius 1 is 0.721 bits per heavy atom. The van der Waals surface area contributed by atoms with E-state index in [9.17, 15) is 9.18 Å². The van der Waals surface area contributed by atoms with Crippen molar-refractivity contribution in [2.24, 2.45) is 0 Å². The van der Waals surface area contributed by atoms with Gasteiger partial charge in [-0.05, 0) is 58.1 Å². The van der Waals surface area contributed by atoms with Crippen LogP contribution in [0.2, 0.25) is 0 Å². The number of para-hydroxylation sites is 1. The van der Waals surface area contributed by atoms with Crippen molar-refractivity contribution in [3.63, 3.8) is 0 Å². The molecule has 214 valence electrons. The van der Waals surface area contributed by atoms with Crippen molar-refractivity contribution in [3.05, 3.63) is 173 Å². The summed E-state index contributed by atoms with van der Waals surface area (Å²) in [6.45, 7) is 1.56. The molecule has 4 nitrogen and oxygen atoms in total. The number of carbonyl (C=O) groups is 1. The first-order valence-corrected chi connectivity index (χ1v) is 14.5. The van der Waals surface area contributed by atoms with Gasteiger partial charge in [0.2, 0.25) is 5.91 Å². The molecule has 0 fully saturated rings. The molecule has 0 aliphatic carbocycles. The van der Waals surface area contributed by atoms with Crippen molar-refractivity contribution in [1.82, 2.24) is 9.88 Å². The van der Waals surface area contributed by atoms with Gasteiger partial charge in [-0.2, -0.15) is 0 Å². The summed E-state index contributed by atoms with van der Waals surface area (Å²) in [7, 11) is 0. The van der Waals surface area contributed by atoms with Crippen molar-refractivity contribution in [1.29, 1.82) is 0 Å². The Balaban J connectivity index is 1.30. The van der Waals surface area contributed by atoms with Gasteiger partial charge in [0.05, 0.1) is 0 Å². The summed E-state index contributed by atoms with van der Waals surface area (Å²) in [5, 5.41) is 4.21. The lowest BCUT2D eigenvalue weighted by atomic mass is 9.88. The second kappa shape index (κ2) is 13.2. The molecule has 1 atom stereocenters. The number of benzene rings is 5. The smallest absolute Gasteiger partial charge is 0.221 e. The Labute approximate surface area is 251 Å². The monoisotopic (exact) mass is 568 g/mol. The van der Waals surface area contributed by atoms with Gasteiger partial charge in [-0.1, -0.05) is 103 Å².